The van der Waals surface area contributed by atoms with Crippen molar-refractivity contribution in [2.45, 2.75) is 25.7 Å². The second-order valence-corrected chi connectivity index (χ2v) is 11.0. The molecule has 0 spiro atoms. The van der Waals surface area contributed by atoms with Crippen LogP contribution in [0, 0.1) is 20.8 Å². The first kappa shape index (κ1) is 25.9. The summed E-state index contributed by atoms with van der Waals surface area (Å²) in [5, 5.41) is 0.482. The number of benzene rings is 3. The molecular formula is C27H30ClN3O4S. The number of halogens is 1. The zero-order valence-corrected chi connectivity index (χ0v) is 22.2. The van der Waals surface area contributed by atoms with Gasteiger partial charge in [-0.3, -0.25) is 9.52 Å². The SMILES string of the molecule is Cc1ccc(NS(=O)(=O)c2ccc(OCC(=O)N3CCN(c4cccc(C)c4C)CC3)cc2)cc1Cl. The molecule has 0 atom stereocenters. The minimum atomic E-state index is -3.79. The van der Waals surface area contributed by atoms with Gasteiger partial charge in [0.2, 0.25) is 0 Å². The van der Waals surface area contributed by atoms with Gasteiger partial charge >= 0.3 is 0 Å². The number of hydrogen-bond donors (Lipinski definition) is 1. The Labute approximate surface area is 217 Å². The minimum Gasteiger partial charge on any atom is -0.484 e. The second kappa shape index (κ2) is 10.8. The van der Waals surface area contributed by atoms with Gasteiger partial charge < -0.3 is 14.5 Å². The van der Waals surface area contributed by atoms with Gasteiger partial charge in [-0.2, -0.15) is 0 Å². The third-order valence-corrected chi connectivity index (χ3v) is 8.27. The van der Waals surface area contributed by atoms with Gasteiger partial charge in [0.15, 0.2) is 6.61 Å². The molecule has 1 aliphatic rings. The number of anilines is 2. The zero-order valence-electron chi connectivity index (χ0n) is 20.6. The summed E-state index contributed by atoms with van der Waals surface area (Å²) in [6, 6.07) is 17.2. The number of ether oxygens (including phenoxy) is 1. The molecular weight excluding hydrogens is 498 g/mol. The van der Waals surface area contributed by atoms with E-state index in [2.05, 4.69) is 41.7 Å². The fourth-order valence-electron chi connectivity index (χ4n) is 4.10. The highest BCUT2D eigenvalue weighted by Crippen LogP contribution is 2.25. The molecule has 0 saturated carbocycles. The monoisotopic (exact) mass is 527 g/mol. The van der Waals surface area contributed by atoms with Crippen molar-refractivity contribution < 1.29 is 17.9 Å². The highest BCUT2D eigenvalue weighted by Gasteiger charge is 2.23. The van der Waals surface area contributed by atoms with E-state index in [9.17, 15) is 13.2 Å². The van der Waals surface area contributed by atoms with Crippen LogP contribution in [0.3, 0.4) is 0 Å². The first-order valence-corrected chi connectivity index (χ1v) is 13.6. The average molecular weight is 528 g/mol. The molecule has 1 aliphatic heterocycles. The van der Waals surface area contributed by atoms with E-state index in [1.165, 1.54) is 28.9 Å². The van der Waals surface area contributed by atoms with Crippen LogP contribution >= 0.6 is 11.6 Å². The molecule has 190 valence electrons. The van der Waals surface area contributed by atoms with Gasteiger partial charge in [-0.05, 0) is 79.9 Å². The van der Waals surface area contributed by atoms with Crippen LogP contribution in [0.4, 0.5) is 11.4 Å². The third kappa shape index (κ3) is 5.94. The van der Waals surface area contributed by atoms with Crippen molar-refractivity contribution in [1.82, 2.24) is 4.90 Å². The highest BCUT2D eigenvalue weighted by molar-refractivity contribution is 7.92. The highest BCUT2D eigenvalue weighted by atomic mass is 35.5. The number of carbonyl (C=O) groups excluding carboxylic acids is 1. The molecule has 0 bridgehead atoms. The van der Waals surface area contributed by atoms with E-state index in [-0.39, 0.29) is 17.4 Å². The molecule has 36 heavy (non-hydrogen) atoms. The molecule has 1 heterocycles. The number of rotatable bonds is 7. The maximum Gasteiger partial charge on any atom is 0.261 e. The Morgan fingerprint density at radius 2 is 1.64 bits per heavy atom. The average Bonchev–Trinajstić information content (AvgIpc) is 2.87. The van der Waals surface area contributed by atoms with Gasteiger partial charge in [0.05, 0.1) is 10.6 Å². The van der Waals surface area contributed by atoms with Crippen molar-refractivity contribution in [3.63, 3.8) is 0 Å². The normalized spacial score (nSPS) is 14.0. The van der Waals surface area contributed by atoms with Gasteiger partial charge in [0, 0.05) is 36.9 Å². The summed E-state index contributed by atoms with van der Waals surface area (Å²) in [6.45, 7) is 8.76. The molecule has 3 aromatic carbocycles. The molecule has 1 N–H and O–H groups in total. The molecule has 1 saturated heterocycles. The maximum absolute atomic E-state index is 12.7. The number of hydrogen-bond acceptors (Lipinski definition) is 5. The lowest BCUT2D eigenvalue weighted by atomic mass is 10.1. The Morgan fingerprint density at radius 1 is 0.944 bits per heavy atom. The molecule has 1 amide bonds. The lowest BCUT2D eigenvalue weighted by Gasteiger charge is -2.37. The van der Waals surface area contributed by atoms with E-state index in [0.717, 1.165) is 18.7 Å². The van der Waals surface area contributed by atoms with E-state index < -0.39 is 10.0 Å². The van der Waals surface area contributed by atoms with Crippen molar-refractivity contribution in [3.8, 4) is 5.75 Å². The predicted octanol–water partition coefficient (Wildman–Crippen LogP) is 4.79. The van der Waals surface area contributed by atoms with Crippen LogP contribution in [0.2, 0.25) is 5.02 Å². The summed E-state index contributed by atoms with van der Waals surface area (Å²) in [4.78, 5) is 16.9. The van der Waals surface area contributed by atoms with E-state index in [1.807, 2.05) is 6.92 Å². The zero-order chi connectivity index (χ0) is 25.9. The molecule has 4 rings (SSSR count). The van der Waals surface area contributed by atoms with Crippen LogP contribution in [0.5, 0.6) is 5.75 Å². The number of amides is 1. The van der Waals surface area contributed by atoms with E-state index in [0.29, 0.717) is 29.5 Å². The van der Waals surface area contributed by atoms with E-state index in [1.54, 1.807) is 35.2 Å². The summed E-state index contributed by atoms with van der Waals surface area (Å²) in [6.07, 6.45) is 0. The van der Waals surface area contributed by atoms with Crippen LogP contribution in [-0.4, -0.2) is 52.0 Å². The Bertz CT molecular complexity index is 1350. The van der Waals surface area contributed by atoms with Crippen LogP contribution in [0.25, 0.3) is 0 Å². The number of nitrogens with zero attached hydrogens (tertiary/aromatic N) is 2. The summed E-state index contributed by atoms with van der Waals surface area (Å²) in [5.74, 6) is 0.333. The Hall–Kier alpha value is -3.23. The van der Waals surface area contributed by atoms with E-state index >= 15 is 0 Å². The Kier molecular flexibility index (Phi) is 7.76. The van der Waals surface area contributed by atoms with Crippen molar-refractivity contribution in [2.75, 3.05) is 42.4 Å². The van der Waals surface area contributed by atoms with Gasteiger partial charge in [0.1, 0.15) is 5.75 Å². The molecule has 0 radical (unpaired) electrons. The number of aryl methyl sites for hydroxylation is 2. The van der Waals surface area contributed by atoms with Gasteiger partial charge in [-0.15, -0.1) is 0 Å². The second-order valence-electron chi connectivity index (χ2n) is 8.92. The lowest BCUT2D eigenvalue weighted by Crippen LogP contribution is -2.50. The van der Waals surface area contributed by atoms with Crippen LogP contribution in [0.15, 0.2) is 65.6 Å². The van der Waals surface area contributed by atoms with Gasteiger partial charge in [-0.25, -0.2) is 8.42 Å². The van der Waals surface area contributed by atoms with Crippen molar-refractivity contribution >= 4 is 38.9 Å². The summed E-state index contributed by atoms with van der Waals surface area (Å²) < 4.78 is 33.5. The quantitative estimate of drug-likeness (QED) is 0.478. The maximum atomic E-state index is 12.7. The molecule has 7 nitrogen and oxygen atoms in total. The largest absolute Gasteiger partial charge is 0.484 e. The standard InChI is InChI=1S/C27H30ClN3O4S/c1-19-5-4-6-26(21(19)3)30-13-15-31(16-14-30)27(32)18-35-23-9-11-24(12-10-23)36(33,34)29-22-8-7-20(2)25(28)17-22/h4-12,17,29H,13-16,18H2,1-3H3. The Morgan fingerprint density at radius 3 is 2.31 bits per heavy atom. The van der Waals surface area contributed by atoms with Crippen LogP contribution in [0.1, 0.15) is 16.7 Å². The van der Waals surface area contributed by atoms with Crippen molar-refractivity contribution in [1.29, 1.82) is 0 Å². The molecule has 1 fully saturated rings. The first-order chi connectivity index (χ1) is 17.1. The lowest BCUT2D eigenvalue weighted by molar-refractivity contribution is -0.133. The molecule has 0 aromatic heterocycles. The first-order valence-electron chi connectivity index (χ1n) is 11.7. The summed E-state index contributed by atoms with van der Waals surface area (Å²) >= 11 is 6.09. The van der Waals surface area contributed by atoms with Gasteiger partial charge in [0.25, 0.3) is 15.9 Å². The molecule has 0 unspecified atom stereocenters. The fraction of sp³-hybridized carbons (Fsp3) is 0.296. The number of sulfonamides is 1. The van der Waals surface area contributed by atoms with Gasteiger partial charge in [-0.1, -0.05) is 29.8 Å². The number of nitrogens with one attached hydrogen (secondary N) is 1. The fourth-order valence-corrected chi connectivity index (χ4v) is 5.33. The molecule has 3 aromatic rings. The predicted molar refractivity (Wildman–Crippen MR) is 144 cm³/mol. The molecule has 0 aliphatic carbocycles. The van der Waals surface area contributed by atoms with Crippen molar-refractivity contribution in [2.24, 2.45) is 0 Å². The van der Waals surface area contributed by atoms with Crippen LogP contribution in [-0.2, 0) is 14.8 Å². The number of carbonyl (C=O) groups is 1. The van der Waals surface area contributed by atoms with Crippen molar-refractivity contribution in [3.05, 3.63) is 82.4 Å². The topological polar surface area (TPSA) is 78.9 Å². The Balaban J connectivity index is 1.29. The summed E-state index contributed by atoms with van der Waals surface area (Å²) in [7, 11) is -3.79. The minimum absolute atomic E-state index is 0.0837. The van der Waals surface area contributed by atoms with Crippen LogP contribution < -0.4 is 14.4 Å². The summed E-state index contributed by atoms with van der Waals surface area (Å²) in [5.41, 5.74) is 4.99. The number of piperazine rings is 1. The third-order valence-electron chi connectivity index (χ3n) is 6.47. The van der Waals surface area contributed by atoms with E-state index in [4.69, 9.17) is 16.3 Å². The molecule has 9 heteroatoms. The smallest absolute Gasteiger partial charge is 0.261 e.